The molecule has 1 saturated carbocycles. The fourth-order valence-corrected chi connectivity index (χ4v) is 2.17. The number of aliphatic hydroxyl groups is 1. The van der Waals surface area contributed by atoms with Crippen molar-refractivity contribution in [1.82, 2.24) is 0 Å². The molecule has 0 bridgehead atoms. The van der Waals surface area contributed by atoms with Crippen LogP contribution in [0, 0.1) is 11.8 Å². The number of aliphatic hydroxyl groups excluding tert-OH is 1. The molecule has 0 aromatic rings. The first-order valence-corrected chi connectivity index (χ1v) is 4.77. The lowest BCUT2D eigenvalue weighted by molar-refractivity contribution is -0.142. The van der Waals surface area contributed by atoms with Crippen molar-refractivity contribution in [2.75, 3.05) is 7.11 Å². The van der Waals surface area contributed by atoms with E-state index in [2.05, 4.69) is 4.74 Å². The maximum Gasteiger partial charge on any atom is 0.337 e. The molecule has 2 aliphatic rings. The standard InChI is InChI=1S/C10H12O5/c1-14-9(12)8-4-15-10(13)7-3-5(11)2-6(7)8/h4,6-7,10,13H,2-3H2,1H3/t6-,7+,10?/m0/s1. The molecule has 1 heterocycles. The van der Waals surface area contributed by atoms with Gasteiger partial charge in [-0.05, 0) is 0 Å². The van der Waals surface area contributed by atoms with E-state index in [1.807, 2.05) is 0 Å². The fraction of sp³-hybridized carbons (Fsp3) is 0.600. The van der Waals surface area contributed by atoms with Gasteiger partial charge in [-0.3, -0.25) is 4.79 Å². The van der Waals surface area contributed by atoms with Crippen LogP contribution in [0.3, 0.4) is 0 Å². The van der Waals surface area contributed by atoms with E-state index in [0.717, 1.165) is 0 Å². The summed E-state index contributed by atoms with van der Waals surface area (Å²) in [5.41, 5.74) is 0.346. The van der Waals surface area contributed by atoms with Crippen LogP contribution >= 0.6 is 0 Å². The molecule has 3 atom stereocenters. The van der Waals surface area contributed by atoms with Crippen molar-refractivity contribution in [2.24, 2.45) is 11.8 Å². The summed E-state index contributed by atoms with van der Waals surface area (Å²) in [7, 11) is 1.28. The van der Waals surface area contributed by atoms with Crippen molar-refractivity contribution < 1.29 is 24.2 Å². The van der Waals surface area contributed by atoms with Gasteiger partial charge in [-0.1, -0.05) is 0 Å². The summed E-state index contributed by atoms with van der Waals surface area (Å²) in [5.74, 6) is -1.01. The largest absolute Gasteiger partial charge is 0.472 e. The maximum absolute atomic E-state index is 11.4. The quantitative estimate of drug-likeness (QED) is 0.619. The SMILES string of the molecule is COC(=O)C1=COC(O)[C@@H]2CC(=O)C[C@H]12. The number of ketones is 1. The number of hydrogen-bond acceptors (Lipinski definition) is 5. The molecule has 0 spiro atoms. The first-order chi connectivity index (χ1) is 7.13. The van der Waals surface area contributed by atoms with Crippen LogP contribution in [0.15, 0.2) is 11.8 Å². The van der Waals surface area contributed by atoms with Gasteiger partial charge in [0.1, 0.15) is 5.78 Å². The van der Waals surface area contributed by atoms with E-state index < -0.39 is 12.3 Å². The van der Waals surface area contributed by atoms with E-state index in [4.69, 9.17) is 4.74 Å². The summed E-state index contributed by atoms with van der Waals surface area (Å²) in [6.07, 6.45) is 0.762. The highest BCUT2D eigenvalue weighted by molar-refractivity contribution is 5.92. The average Bonchev–Trinajstić information content (AvgIpc) is 2.60. The van der Waals surface area contributed by atoms with E-state index in [1.54, 1.807) is 0 Å². The molecule has 0 aromatic carbocycles. The van der Waals surface area contributed by atoms with Crippen LogP contribution in [-0.2, 0) is 19.1 Å². The van der Waals surface area contributed by atoms with Crippen LogP contribution < -0.4 is 0 Å². The summed E-state index contributed by atoms with van der Waals surface area (Å²) in [6, 6.07) is 0. The minimum Gasteiger partial charge on any atom is -0.472 e. The number of carbonyl (C=O) groups is 2. The summed E-state index contributed by atoms with van der Waals surface area (Å²) in [5, 5.41) is 9.50. The minimum atomic E-state index is -0.991. The molecule has 5 heteroatoms. The zero-order valence-corrected chi connectivity index (χ0v) is 8.30. The van der Waals surface area contributed by atoms with E-state index in [0.29, 0.717) is 5.57 Å². The average molecular weight is 212 g/mol. The molecule has 0 saturated heterocycles. The van der Waals surface area contributed by atoms with Crippen molar-refractivity contribution in [2.45, 2.75) is 19.1 Å². The van der Waals surface area contributed by atoms with E-state index >= 15 is 0 Å². The van der Waals surface area contributed by atoms with Crippen LogP contribution in [0.5, 0.6) is 0 Å². The molecule has 1 N–H and O–H groups in total. The number of esters is 1. The van der Waals surface area contributed by atoms with Crippen molar-refractivity contribution in [1.29, 1.82) is 0 Å². The zero-order valence-electron chi connectivity index (χ0n) is 8.30. The van der Waals surface area contributed by atoms with Gasteiger partial charge in [0, 0.05) is 24.7 Å². The second-order valence-electron chi connectivity index (χ2n) is 3.81. The lowest BCUT2D eigenvalue weighted by Crippen LogP contribution is -2.33. The molecule has 82 valence electrons. The van der Waals surface area contributed by atoms with Crippen LogP contribution in [0.2, 0.25) is 0 Å². The third-order valence-electron chi connectivity index (χ3n) is 2.95. The molecular formula is C10H12O5. The molecule has 0 radical (unpaired) electrons. The van der Waals surface area contributed by atoms with Crippen LogP contribution in [0.4, 0.5) is 0 Å². The topological polar surface area (TPSA) is 72.8 Å². The van der Waals surface area contributed by atoms with Crippen LogP contribution in [0.25, 0.3) is 0 Å². The molecule has 0 aromatic heterocycles. The van der Waals surface area contributed by atoms with Crippen LogP contribution in [-0.4, -0.2) is 30.3 Å². The predicted octanol–water partition coefficient (Wildman–Crippen LogP) is -0.0128. The summed E-state index contributed by atoms with van der Waals surface area (Å²) in [4.78, 5) is 22.6. The number of rotatable bonds is 1. The predicted molar refractivity (Wildman–Crippen MR) is 48.4 cm³/mol. The summed E-state index contributed by atoms with van der Waals surface area (Å²) >= 11 is 0. The second-order valence-corrected chi connectivity index (χ2v) is 3.81. The van der Waals surface area contributed by atoms with Gasteiger partial charge in [0.2, 0.25) is 0 Å². The summed E-state index contributed by atoms with van der Waals surface area (Å²) in [6.45, 7) is 0. The molecule has 2 rings (SSSR count). The number of hydrogen-bond donors (Lipinski definition) is 1. The normalized spacial score (nSPS) is 34.1. The van der Waals surface area contributed by atoms with Crippen molar-refractivity contribution >= 4 is 11.8 Å². The molecule has 1 aliphatic heterocycles. The maximum atomic E-state index is 11.4. The highest BCUT2D eigenvalue weighted by Gasteiger charge is 2.45. The Morgan fingerprint density at radius 1 is 1.60 bits per heavy atom. The fourth-order valence-electron chi connectivity index (χ4n) is 2.17. The molecule has 1 aliphatic carbocycles. The van der Waals surface area contributed by atoms with Gasteiger partial charge in [0.15, 0.2) is 6.29 Å². The highest BCUT2D eigenvalue weighted by Crippen LogP contribution is 2.40. The second kappa shape index (κ2) is 3.66. The van der Waals surface area contributed by atoms with E-state index in [1.165, 1.54) is 13.4 Å². The number of Topliss-reactive ketones (excluding diaryl/α,β-unsaturated/α-hetero) is 1. The Bertz CT molecular complexity index is 333. The van der Waals surface area contributed by atoms with Crippen molar-refractivity contribution in [3.05, 3.63) is 11.8 Å². The zero-order chi connectivity index (χ0) is 11.0. The van der Waals surface area contributed by atoms with Gasteiger partial charge in [-0.2, -0.15) is 0 Å². The first-order valence-electron chi connectivity index (χ1n) is 4.77. The number of ether oxygens (including phenoxy) is 2. The van der Waals surface area contributed by atoms with Gasteiger partial charge < -0.3 is 14.6 Å². The molecule has 5 nitrogen and oxygen atoms in total. The molecule has 0 amide bonds. The molecule has 1 unspecified atom stereocenters. The smallest absolute Gasteiger partial charge is 0.337 e. The van der Waals surface area contributed by atoms with Gasteiger partial charge in [0.25, 0.3) is 0 Å². The summed E-state index contributed by atoms with van der Waals surface area (Å²) < 4.78 is 9.50. The number of carbonyl (C=O) groups excluding carboxylic acids is 2. The molecule has 1 fully saturated rings. The van der Waals surface area contributed by atoms with Crippen LogP contribution in [0.1, 0.15) is 12.8 Å². The van der Waals surface area contributed by atoms with E-state index in [-0.39, 0.29) is 30.5 Å². The monoisotopic (exact) mass is 212 g/mol. The third-order valence-corrected chi connectivity index (χ3v) is 2.95. The minimum absolute atomic E-state index is 0.0457. The third kappa shape index (κ3) is 1.63. The lowest BCUT2D eigenvalue weighted by Gasteiger charge is -2.28. The highest BCUT2D eigenvalue weighted by atomic mass is 16.6. The lowest BCUT2D eigenvalue weighted by atomic mass is 9.87. The van der Waals surface area contributed by atoms with E-state index in [9.17, 15) is 14.7 Å². The Morgan fingerprint density at radius 3 is 3.00 bits per heavy atom. The Morgan fingerprint density at radius 2 is 2.33 bits per heavy atom. The Kier molecular flexibility index (Phi) is 2.48. The molecule has 15 heavy (non-hydrogen) atoms. The number of methoxy groups -OCH3 is 1. The Hall–Kier alpha value is -1.36. The Labute approximate surface area is 86.7 Å². The van der Waals surface area contributed by atoms with Crippen molar-refractivity contribution in [3.63, 3.8) is 0 Å². The first kappa shape index (κ1) is 10.2. The van der Waals surface area contributed by atoms with Crippen molar-refractivity contribution in [3.8, 4) is 0 Å². The van der Waals surface area contributed by atoms with Gasteiger partial charge in [-0.15, -0.1) is 0 Å². The van der Waals surface area contributed by atoms with Gasteiger partial charge in [0.05, 0.1) is 18.9 Å². The van der Waals surface area contributed by atoms with Gasteiger partial charge >= 0.3 is 5.97 Å². The van der Waals surface area contributed by atoms with Gasteiger partial charge in [-0.25, -0.2) is 4.79 Å². The number of fused-ring (bicyclic) bond motifs is 1. The molecular weight excluding hydrogens is 200 g/mol. The Balaban J connectivity index is 2.26.